The van der Waals surface area contributed by atoms with Crippen LogP contribution in [-0.4, -0.2) is 56.4 Å². The molecule has 2 atom stereocenters. The van der Waals surface area contributed by atoms with Crippen LogP contribution in [0.3, 0.4) is 0 Å². The molecule has 0 saturated carbocycles. The third kappa shape index (κ3) is 4.56. The highest BCUT2D eigenvalue weighted by molar-refractivity contribution is 5.85. The van der Waals surface area contributed by atoms with Crippen LogP contribution in [0, 0.1) is 12.7 Å². The third-order valence-electron chi connectivity index (χ3n) is 6.91. The second-order valence-electron chi connectivity index (χ2n) is 10.9. The molecule has 0 radical (unpaired) electrons. The summed E-state index contributed by atoms with van der Waals surface area (Å²) in [5, 5.41) is 6.13. The maximum atomic E-state index is 15.4. The standard InChI is InChI=1S/C28H30FN7O2/c1-16-32-23-7-6-22(17-9-10-30-25(11-17)34-27(37)38-28(2,3)4)33-26(23)36(16)19-5-8-24(21(29)13-19)35-15-18-12-20(35)14-31-18/h5-11,13,18,20,31H,12,14-15H2,1-4H3,(H,30,34,37)/t18-,20-/m0/s1. The number of halogens is 1. The van der Waals surface area contributed by atoms with Crippen molar-refractivity contribution < 1.29 is 13.9 Å². The molecule has 0 spiro atoms. The van der Waals surface area contributed by atoms with E-state index in [-0.39, 0.29) is 5.82 Å². The second kappa shape index (κ2) is 9.05. The number of anilines is 2. The van der Waals surface area contributed by atoms with Crippen LogP contribution in [0.15, 0.2) is 48.7 Å². The molecule has 2 bridgehead atoms. The molecule has 2 aliphatic heterocycles. The van der Waals surface area contributed by atoms with Gasteiger partial charge in [0.25, 0.3) is 0 Å². The van der Waals surface area contributed by atoms with Crippen molar-refractivity contribution in [3.8, 4) is 16.9 Å². The first kappa shape index (κ1) is 24.3. The number of carbonyl (C=O) groups excluding carboxylic acids is 1. The number of carbonyl (C=O) groups is 1. The number of benzene rings is 1. The van der Waals surface area contributed by atoms with Gasteiger partial charge in [0.15, 0.2) is 5.65 Å². The molecule has 0 unspecified atom stereocenters. The molecule has 4 aromatic rings. The molecule has 3 aromatic heterocycles. The Morgan fingerprint density at radius 3 is 2.71 bits per heavy atom. The molecule has 2 saturated heterocycles. The molecule has 1 amide bonds. The lowest BCUT2D eigenvalue weighted by molar-refractivity contribution is 0.0635. The van der Waals surface area contributed by atoms with Gasteiger partial charge >= 0.3 is 6.09 Å². The number of fused-ring (bicyclic) bond motifs is 3. The van der Waals surface area contributed by atoms with Crippen molar-refractivity contribution in [3.63, 3.8) is 0 Å². The largest absolute Gasteiger partial charge is 0.444 e. The van der Waals surface area contributed by atoms with Crippen LogP contribution in [0.25, 0.3) is 28.1 Å². The lowest BCUT2D eigenvalue weighted by Crippen LogP contribution is -2.44. The monoisotopic (exact) mass is 515 g/mol. The zero-order valence-corrected chi connectivity index (χ0v) is 21.8. The Morgan fingerprint density at radius 1 is 1.16 bits per heavy atom. The predicted molar refractivity (Wildman–Crippen MR) is 144 cm³/mol. The smallest absolute Gasteiger partial charge is 0.413 e. The van der Waals surface area contributed by atoms with E-state index in [2.05, 4.69) is 25.5 Å². The summed E-state index contributed by atoms with van der Waals surface area (Å²) >= 11 is 0. The van der Waals surface area contributed by atoms with E-state index in [9.17, 15) is 4.79 Å². The molecular formula is C28H30FN7O2. The number of pyridine rings is 2. The lowest BCUT2D eigenvalue weighted by atomic mass is 10.1. The molecule has 9 nitrogen and oxygen atoms in total. The van der Waals surface area contributed by atoms with E-state index in [0.29, 0.717) is 52.0 Å². The highest BCUT2D eigenvalue weighted by Gasteiger charge is 2.38. The fourth-order valence-electron chi connectivity index (χ4n) is 5.33. The topological polar surface area (TPSA) is 97.2 Å². The Morgan fingerprint density at radius 2 is 2.00 bits per heavy atom. The highest BCUT2D eigenvalue weighted by atomic mass is 19.1. The zero-order valence-electron chi connectivity index (χ0n) is 21.8. The van der Waals surface area contributed by atoms with E-state index >= 15 is 4.39 Å². The molecule has 2 fully saturated rings. The van der Waals surface area contributed by atoms with E-state index in [1.165, 1.54) is 0 Å². The Kier molecular flexibility index (Phi) is 5.79. The predicted octanol–water partition coefficient (Wildman–Crippen LogP) is 4.83. The number of nitrogens with zero attached hydrogens (tertiary/aromatic N) is 5. The van der Waals surface area contributed by atoms with Crippen LogP contribution < -0.4 is 15.5 Å². The highest BCUT2D eigenvalue weighted by Crippen LogP contribution is 2.33. The van der Waals surface area contributed by atoms with Crippen molar-refractivity contribution in [2.24, 2.45) is 0 Å². The summed E-state index contributed by atoms with van der Waals surface area (Å²) in [6, 6.07) is 13.4. The zero-order chi connectivity index (χ0) is 26.6. The fraction of sp³-hybridized carbons (Fsp3) is 0.357. The van der Waals surface area contributed by atoms with Gasteiger partial charge in [0.1, 0.15) is 28.6 Å². The van der Waals surface area contributed by atoms with Crippen LogP contribution in [0.1, 0.15) is 33.0 Å². The number of ether oxygens (including phenoxy) is 1. The number of piperazine rings is 1. The number of amides is 1. The van der Waals surface area contributed by atoms with Crippen LogP contribution >= 0.6 is 0 Å². The van der Waals surface area contributed by atoms with Crippen molar-refractivity contribution >= 4 is 28.8 Å². The average molecular weight is 516 g/mol. The van der Waals surface area contributed by atoms with Gasteiger partial charge in [-0.2, -0.15) is 0 Å². The lowest BCUT2D eigenvalue weighted by Gasteiger charge is -2.30. The normalized spacial score (nSPS) is 18.8. The molecule has 0 aliphatic carbocycles. The minimum absolute atomic E-state index is 0.251. The number of aromatic nitrogens is 4. The quantitative estimate of drug-likeness (QED) is 0.402. The first-order chi connectivity index (χ1) is 18.1. The van der Waals surface area contributed by atoms with E-state index < -0.39 is 11.7 Å². The number of aryl methyl sites for hydroxylation is 1. The van der Waals surface area contributed by atoms with Gasteiger partial charge in [-0.05, 0) is 70.5 Å². The molecule has 10 heteroatoms. The van der Waals surface area contributed by atoms with Gasteiger partial charge in [-0.3, -0.25) is 9.88 Å². The molecule has 1 aromatic carbocycles. The van der Waals surface area contributed by atoms with E-state index in [4.69, 9.17) is 9.72 Å². The number of imidazole rings is 1. The molecule has 5 heterocycles. The van der Waals surface area contributed by atoms with Gasteiger partial charge in [-0.25, -0.2) is 24.1 Å². The Hall–Kier alpha value is -4.05. The van der Waals surface area contributed by atoms with Crippen molar-refractivity contribution in [2.45, 2.75) is 51.8 Å². The minimum atomic E-state index is -0.618. The van der Waals surface area contributed by atoms with Gasteiger partial charge in [0, 0.05) is 43.0 Å². The number of rotatable bonds is 4. The Labute approximate surface area is 220 Å². The fourth-order valence-corrected chi connectivity index (χ4v) is 5.33. The molecule has 2 N–H and O–H groups in total. The summed E-state index contributed by atoms with van der Waals surface area (Å²) in [7, 11) is 0. The van der Waals surface area contributed by atoms with E-state index in [1.807, 2.05) is 41.8 Å². The van der Waals surface area contributed by atoms with Gasteiger partial charge in [0.2, 0.25) is 0 Å². The SMILES string of the molecule is Cc1nc2ccc(-c3ccnc(NC(=O)OC(C)(C)C)c3)nc2n1-c1ccc(N2C[C@@H]3C[C@H]2CN3)c(F)c1. The van der Waals surface area contributed by atoms with Gasteiger partial charge in [0.05, 0.1) is 17.1 Å². The molecule has 2 aliphatic rings. The summed E-state index contributed by atoms with van der Waals surface area (Å²) in [4.78, 5) is 28.1. The molecule has 196 valence electrons. The second-order valence-corrected chi connectivity index (χ2v) is 10.9. The first-order valence-corrected chi connectivity index (χ1v) is 12.8. The van der Waals surface area contributed by atoms with Crippen LogP contribution in [-0.2, 0) is 4.74 Å². The molecular weight excluding hydrogens is 485 g/mol. The third-order valence-corrected chi connectivity index (χ3v) is 6.91. The Balaban J connectivity index is 1.32. The van der Waals surface area contributed by atoms with Crippen LogP contribution in [0.2, 0.25) is 0 Å². The molecule has 6 rings (SSSR count). The molecule has 38 heavy (non-hydrogen) atoms. The summed E-state index contributed by atoms with van der Waals surface area (Å²) in [5.74, 6) is 0.814. The van der Waals surface area contributed by atoms with Crippen molar-refractivity contribution in [1.29, 1.82) is 0 Å². The van der Waals surface area contributed by atoms with E-state index in [1.54, 1.807) is 39.1 Å². The van der Waals surface area contributed by atoms with Crippen molar-refractivity contribution in [3.05, 3.63) is 60.3 Å². The average Bonchev–Trinajstić information content (AvgIpc) is 3.56. The van der Waals surface area contributed by atoms with Crippen LogP contribution in [0.5, 0.6) is 0 Å². The van der Waals surface area contributed by atoms with Crippen molar-refractivity contribution in [2.75, 3.05) is 23.3 Å². The minimum Gasteiger partial charge on any atom is -0.444 e. The number of nitrogens with one attached hydrogen (secondary N) is 2. The number of hydrogen-bond acceptors (Lipinski definition) is 7. The Bertz CT molecular complexity index is 1540. The van der Waals surface area contributed by atoms with Crippen molar-refractivity contribution in [1.82, 2.24) is 24.8 Å². The van der Waals surface area contributed by atoms with Crippen LogP contribution in [0.4, 0.5) is 20.7 Å². The maximum absolute atomic E-state index is 15.4. The summed E-state index contributed by atoms with van der Waals surface area (Å²) in [6.45, 7) is 9.01. The summed E-state index contributed by atoms with van der Waals surface area (Å²) in [6.07, 6.45) is 2.08. The number of hydrogen-bond donors (Lipinski definition) is 2. The van der Waals surface area contributed by atoms with Gasteiger partial charge in [-0.1, -0.05) is 0 Å². The first-order valence-electron chi connectivity index (χ1n) is 12.8. The summed E-state index contributed by atoms with van der Waals surface area (Å²) < 4.78 is 22.6. The van der Waals surface area contributed by atoms with Gasteiger partial charge < -0.3 is 15.0 Å². The summed E-state index contributed by atoms with van der Waals surface area (Å²) in [5.41, 5.74) is 3.45. The van der Waals surface area contributed by atoms with E-state index in [0.717, 1.165) is 25.1 Å². The van der Waals surface area contributed by atoms with Gasteiger partial charge in [-0.15, -0.1) is 0 Å². The maximum Gasteiger partial charge on any atom is 0.413 e.